The van der Waals surface area contributed by atoms with Crippen molar-refractivity contribution in [1.82, 2.24) is 9.62 Å². The maximum Gasteiger partial charge on any atom is 0.326 e. The maximum atomic E-state index is 12.7. The van der Waals surface area contributed by atoms with Gasteiger partial charge in [-0.1, -0.05) is 19.1 Å². The first kappa shape index (κ1) is 21.1. The van der Waals surface area contributed by atoms with Crippen LogP contribution in [0.25, 0.3) is 0 Å². The van der Waals surface area contributed by atoms with Crippen LogP contribution >= 0.6 is 0 Å². The van der Waals surface area contributed by atoms with Gasteiger partial charge in [0.2, 0.25) is 10.0 Å². The number of benzene rings is 1. The molecule has 27 heavy (non-hydrogen) atoms. The fourth-order valence-corrected chi connectivity index (χ4v) is 4.63. The largest absolute Gasteiger partial charge is 0.480 e. The Balaban J connectivity index is 2.11. The quantitative estimate of drug-likeness (QED) is 0.691. The molecule has 0 spiro atoms. The van der Waals surface area contributed by atoms with Crippen molar-refractivity contribution < 1.29 is 23.1 Å². The number of sulfonamides is 1. The third-order valence-electron chi connectivity index (χ3n) is 4.58. The maximum absolute atomic E-state index is 12.7. The second-order valence-electron chi connectivity index (χ2n) is 6.80. The van der Waals surface area contributed by atoms with Gasteiger partial charge in [0.25, 0.3) is 5.91 Å². The lowest BCUT2D eigenvalue weighted by Gasteiger charge is -2.30. The predicted molar refractivity (Wildman–Crippen MR) is 102 cm³/mol. The van der Waals surface area contributed by atoms with Crippen LogP contribution in [0.5, 0.6) is 0 Å². The van der Waals surface area contributed by atoms with Gasteiger partial charge in [0, 0.05) is 18.7 Å². The molecule has 1 fully saturated rings. The van der Waals surface area contributed by atoms with E-state index in [1.165, 1.54) is 28.6 Å². The van der Waals surface area contributed by atoms with Crippen LogP contribution in [0.3, 0.4) is 0 Å². The van der Waals surface area contributed by atoms with E-state index in [-0.39, 0.29) is 16.9 Å². The van der Waals surface area contributed by atoms with E-state index >= 15 is 0 Å². The van der Waals surface area contributed by atoms with Crippen LogP contribution in [0.15, 0.2) is 41.3 Å². The van der Waals surface area contributed by atoms with Gasteiger partial charge in [-0.2, -0.15) is 4.31 Å². The molecule has 2 atom stereocenters. The summed E-state index contributed by atoms with van der Waals surface area (Å²) in [7, 11) is -3.59. The van der Waals surface area contributed by atoms with Crippen LogP contribution in [0, 0.1) is 5.92 Å². The first-order chi connectivity index (χ1) is 12.8. The Morgan fingerprint density at radius 2 is 2.00 bits per heavy atom. The summed E-state index contributed by atoms with van der Waals surface area (Å²) in [5, 5.41) is 11.6. The Labute approximate surface area is 160 Å². The van der Waals surface area contributed by atoms with E-state index in [0.717, 1.165) is 12.8 Å². The predicted octanol–water partition coefficient (Wildman–Crippen LogP) is 2.26. The van der Waals surface area contributed by atoms with Crippen LogP contribution < -0.4 is 5.32 Å². The van der Waals surface area contributed by atoms with Crippen molar-refractivity contribution in [1.29, 1.82) is 0 Å². The van der Waals surface area contributed by atoms with E-state index in [0.29, 0.717) is 19.0 Å². The molecule has 0 aromatic heterocycles. The van der Waals surface area contributed by atoms with E-state index in [9.17, 15) is 23.1 Å². The van der Waals surface area contributed by atoms with Crippen molar-refractivity contribution >= 4 is 21.9 Å². The molecular weight excluding hydrogens is 368 g/mol. The smallest absolute Gasteiger partial charge is 0.326 e. The van der Waals surface area contributed by atoms with Gasteiger partial charge in [-0.3, -0.25) is 4.79 Å². The zero-order valence-corrected chi connectivity index (χ0v) is 16.4. The van der Waals surface area contributed by atoms with Gasteiger partial charge < -0.3 is 10.4 Å². The molecule has 2 rings (SSSR count). The summed E-state index contributed by atoms with van der Waals surface area (Å²) in [6, 6.07) is 4.57. The summed E-state index contributed by atoms with van der Waals surface area (Å²) in [4.78, 5) is 23.6. The fraction of sp³-hybridized carbons (Fsp3) is 0.474. The Morgan fingerprint density at radius 3 is 2.56 bits per heavy atom. The lowest BCUT2D eigenvalue weighted by molar-refractivity contribution is -0.139. The Bertz CT molecular complexity index is 802. The first-order valence-electron chi connectivity index (χ1n) is 9.00. The first-order valence-corrected chi connectivity index (χ1v) is 10.4. The van der Waals surface area contributed by atoms with Crippen molar-refractivity contribution in [3.63, 3.8) is 0 Å². The number of piperidine rings is 1. The van der Waals surface area contributed by atoms with Gasteiger partial charge in [-0.25, -0.2) is 13.2 Å². The Hall–Kier alpha value is -2.19. The number of allylic oxidation sites excluding steroid dienone is 1. The van der Waals surface area contributed by atoms with Gasteiger partial charge in [0.1, 0.15) is 6.04 Å². The van der Waals surface area contributed by atoms with Crippen molar-refractivity contribution in [2.45, 2.75) is 44.0 Å². The minimum Gasteiger partial charge on any atom is -0.480 e. The number of hydrogen-bond acceptors (Lipinski definition) is 4. The Morgan fingerprint density at radius 1 is 1.33 bits per heavy atom. The minimum absolute atomic E-state index is 0.136. The second kappa shape index (κ2) is 9.14. The van der Waals surface area contributed by atoms with E-state index in [1.54, 1.807) is 19.1 Å². The van der Waals surface area contributed by atoms with Crippen molar-refractivity contribution in [2.24, 2.45) is 5.92 Å². The second-order valence-corrected chi connectivity index (χ2v) is 8.74. The van der Waals surface area contributed by atoms with E-state index in [2.05, 4.69) is 5.32 Å². The summed E-state index contributed by atoms with van der Waals surface area (Å²) in [5.41, 5.74) is 0.215. The highest BCUT2D eigenvalue weighted by molar-refractivity contribution is 7.89. The highest BCUT2D eigenvalue weighted by Gasteiger charge is 2.28. The van der Waals surface area contributed by atoms with Crippen LogP contribution in [-0.2, 0) is 14.8 Å². The molecule has 7 nitrogen and oxygen atoms in total. The van der Waals surface area contributed by atoms with Crippen molar-refractivity contribution in [3.05, 3.63) is 42.0 Å². The summed E-state index contributed by atoms with van der Waals surface area (Å²) in [5.74, 6) is -1.36. The number of carboxylic acid groups (broad SMARTS) is 1. The molecule has 2 N–H and O–H groups in total. The Kier molecular flexibility index (Phi) is 7.15. The monoisotopic (exact) mass is 394 g/mol. The summed E-state index contributed by atoms with van der Waals surface area (Å²) < 4.78 is 27.0. The van der Waals surface area contributed by atoms with Crippen molar-refractivity contribution in [3.8, 4) is 0 Å². The molecule has 2 unspecified atom stereocenters. The molecule has 1 aromatic carbocycles. The number of carbonyl (C=O) groups is 2. The summed E-state index contributed by atoms with van der Waals surface area (Å²) in [6.07, 6.45) is 5.40. The average Bonchev–Trinajstić information content (AvgIpc) is 2.64. The number of aliphatic carboxylic acids is 1. The van der Waals surface area contributed by atoms with Crippen LogP contribution in [0.1, 0.15) is 43.5 Å². The van der Waals surface area contributed by atoms with Gasteiger partial charge in [-0.05, 0) is 56.4 Å². The highest BCUT2D eigenvalue weighted by Crippen LogP contribution is 2.23. The van der Waals surface area contributed by atoms with Gasteiger partial charge >= 0.3 is 5.97 Å². The number of nitrogens with one attached hydrogen (secondary N) is 1. The molecule has 1 aliphatic heterocycles. The summed E-state index contributed by atoms with van der Waals surface area (Å²) in [6.45, 7) is 4.79. The molecule has 148 valence electrons. The number of hydrogen-bond donors (Lipinski definition) is 2. The molecule has 0 saturated carbocycles. The highest BCUT2D eigenvalue weighted by atomic mass is 32.2. The topological polar surface area (TPSA) is 104 Å². The number of carboxylic acids is 1. The van der Waals surface area contributed by atoms with Crippen molar-refractivity contribution in [2.75, 3.05) is 13.1 Å². The molecule has 8 heteroatoms. The normalized spacial score (nSPS) is 19.7. The van der Waals surface area contributed by atoms with Gasteiger partial charge in [0.05, 0.1) is 4.90 Å². The summed E-state index contributed by atoms with van der Waals surface area (Å²) >= 11 is 0. The standard InChI is InChI=1S/C19H26N2O5S/c1-3-4-7-17(19(23)24)20-18(22)15-8-10-16(11-9-15)27(25,26)21-12-5-6-14(2)13-21/h3-4,8-11,14,17H,5-7,12-13H2,1-2H3,(H,20,22)(H,23,24)/b4-3+. The molecule has 1 heterocycles. The van der Waals surface area contributed by atoms with Crippen LogP contribution in [-0.4, -0.2) is 48.8 Å². The fourth-order valence-electron chi connectivity index (χ4n) is 3.03. The number of amides is 1. The molecule has 1 saturated heterocycles. The molecule has 1 aliphatic rings. The lowest BCUT2D eigenvalue weighted by atomic mass is 10.0. The van der Waals surface area contributed by atoms with Gasteiger partial charge in [-0.15, -0.1) is 0 Å². The van der Waals surface area contributed by atoms with Crippen LogP contribution in [0.4, 0.5) is 0 Å². The third-order valence-corrected chi connectivity index (χ3v) is 6.46. The minimum atomic E-state index is -3.59. The molecule has 0 radical (unpaired) electrons. The molecule has 0 bridgehead atoms. The SMILES string of the molecule is C/C=C/CC(NC(=O)c1ccc(S(=O)(=O)N2CCCC(C)C2)cc1)C(=O)O. The molecular formula is C19H26N2O5S. The van der Waals surface area contributed by atoms with E-state index in [4.69, 9.17) is 0 Å². The van der Waals surface area contributed by atoms with E-state index < -0.39 is 27.9 Å². The number of rotatable bonds is 7. The lowest BCUT2D eigenvalue weighted by Crippen LogP contribution is -2.40. The van der Waals surface area contributed by atoms with E-state index in [1.807, 2.05) is 6.92 Å². The average molecular weight is 394 g/mol. The third kappa shape index (κ3) is 5.40. The molecule has 1 amide bonds. The zero-order chi connectivity index (χ0) is 20.0. The van der Waals surface area contributed by atoms with Crippen LogP contribution in [0.2, 0.25) is 0 Å². The van der Waals surface area contributed by atoms with Gasteiger partial charge in [0.15, 0.2) is 0 Å². The molecule has 1 aromatic rings. The zero-order valence-electron chi connectivity index (χ0n) is 15.6. The number of carbonyl (C=O) groups excluding carboxylic acids is 1. The number of nitrogens with zero attached hydrogens (tertiary/aromatic N) is 1. The molecule has 0 aliphatic carbocycles.